The highest BCUT2D eigenvalue weighted by molar-refractivity contribution is 5.79. The van der Waals surface area contributed by atoms with Gasteiger partial charge in [-0.2, -0.15) is 0 Å². The lowest BCUT2D eigenvalue weighted by Crippen LogP contribution is -2.39. The number of benzene rings is 3. The minimum atomic E-state index is -1.10. The molecule has 0 saturated carbocycles. The van der Waals surface area contributed by atoms with E-state index in [1.165, 1.54) is 5.56 Å². The molecule has 0 amide bonds. The van der Waals surface area contributed by atoms with Crippen LogP contribution in [0.1, 0.15) is 43.4 Å². The molecule has 3 aromatic carbocycles. The van der Waals surface area contributed by atoms with Crippen LogP contribution < -0.4 is 9.47 Å². The van der Waals surface area contributed by atoms with Crippen molar-refractivity contribution < 1.29 is 23.4 Å². The van der Waals surface area contributed by atoms with Crippen LogP contribution in [0.25, 0.3) is 11.5 Å². The first-order chi connectivity index (χ1) is 18.4. The number of ether oxygens (including phenoxy) is 3. The first kappa shape index (κ1) is 27.0. The lowest BCUT2D eigenvalue weighted by molar-refractivity contribution is -0.158. The van der Waals surface area contributed by atoms with Crippen molar-refractivity contribution in [3.05, 3.63) is 101 Å². The van der Waals surface area contributed by atoms with Crippen molar-refractivity contribution in [3.63, 3.8) is 0 Å². The Morgan fingerprint density at radius 1 is 0.921 bits per heavy atom. The fourth-order valence-corrected chi connectivity index (χ4v) is 4.14. The lowest BCUT2D eigenvalue weighted by atomic mass is 10.0. The Morgan fingerprint density at radius 2 is 1.63 bits per heavy atom. The van der Waals surface area contributed by atoms with Gasteiger partial charge >= 0.3 is 5.97 Å². The Balaban J connectivity index is 1.48. The van der Waals surface area contributed by atoms with Crippen molar-refractivity contribution in [1.29, 1.82) is 0 Å². The van der Waals surface area contributed by atoms with E-state index in [9.17, 15) is 4.79 Å². The van der Waals surface area contributed by atoms with Gasteiger partial charge in [0.15, 0.2) is 5.60 Å². The van der Waals surface area contributed by atoms with Crippen LogP contribution in [0.15, 0.2) is 83.3 Å². The summed E-state index contributed by atoms with van der Waals surface area (Å²) in [6, 6.07) is 25.9. The Labute approximate surface area is 224 Å². The van der Waals surface area contributed by atoms with Crippen LogP contribution in [-0.2, 0) is 28.8 Å². The molecule has 1 aromatic heterocycles. The minimum absolute atomic E-state index is 0.304. The second-order valence-electron chi connectivity index (χ2n) is 9.57. The number of aryl methyl sites for hydroxylation is 3. The smallest absolute Gasteiger partial charge is 0.349 e. The van der Waals surface area contributed by atoms with E-state index in [0.717, 1.165) is 41.2 Å². The maximum absolute atomic E-state index is 12.3. The van der Waals surface area contributed by atoms with Gasteiger partial charge in [0.2, 0.25) is 5.89 Å². The summed E-state index contributed by atoms with van der Waals surface area (Å²) in [6.45, 7) is 7.89. The highest BCUT2D eigenvalue weighted by atomic mass is 16.6. The monoisotopic (exact) mass is 513 g/mol. The van der Waals surface area contributed by atoms with Crippen molar-refractivity contribution >= 4 is 5.97 Å². The Kier molecular flexibility index (Phi) is 8.85. The summed E-state index contributed by atoms with van der Waals surface area (Å²) >= 11 is 0. The highest BCUT2D eigenvalue weighted by Crippen LogP contribution is 2.29. The molecule has 0 bridgehead atoms. The summed E-state index contributed by atoms with van der Waals surface area (Å²) < 4.78 is 23.4. The van der Waals surface area contributed by atoms with Crippen molar-refractivity contribution in [3.8, 4) is 23.0 Å². The molecule has 0 aliphatic rings. The van der Waals surface area contributed by atoms with Gasteiger partial charge in [0, 0.05) is 12.0 Å². The van der Waals surface area contributed by atoms with Gasteiger partial charge in [-0.3, -0.25) is 0 Å². The maximum Gasteiger partial charge on any atom is 0.349 e. The van der Waals surface area contributed by atoms with Gasteiger partial charge in [-0.15, -0.1) is 0 Å². The average Bonchev–Trinajstić information content (AvgIpc) is 3.29. The zero-order valence-electron chi connectivity index (χ0n) is 22.5. The number of carbonyl (C=O) groups excluding carboxylic acids is 1. The summed E-state index contributed by atoms with van der Waals surface area (Å²) in [6.07, 6.45) is 2.23. The van der Waals surface area contributed by atoms with E-state index in [4.69, 9.17) is 18.6 Å². The van der Waals surface area contributed by atoms with E-state index in [-0.39, 0.29) is 0 Å². The first-order valence-electron chi connectivity index (χ1n) is 13.0. The quantitative estimate of drug-likeness (QED) is 0.195. The lowest BCUT2D eigenvalue weighted by Gasteiger charge is -2.24. The summed E-state index contributed by atoms with van der Waals surface area (Å²) in [5.41, 5.74) is 2.98. The molecule has 6 heteroatoms. The summed E-state index contributed by atoms with van der Waals surface area (Å²) in [5, 5.41) is 0. The van der Waals surface area contributed by atoms with E-state index in [1.54, 1.807) is 20.8 Å². The fourth-order valence-electron chi connectivity index (χ4n) is 4.14. The SMILES string of the molecule is CCOC(=O)C(C)(C)Oc1ccc(OCCc2nc(-c3ccccc3)oc2C)c(CCc2ccccc2)c1. The Hall–Kier alpha value is -4.06. The van der Waals surface area contributed by atoms with Gasteiger partial charge in [0.05, 0.1) is 18.9 Å². The molecule has 1 heterocycles. The number of hydrogen-bond acceptors (Lipinski definition) is 6. The molecule has 0 radical (unpaired) electrons. The number of aromatic nitrogens is 1. The van der Waals surface area contributed by atoms with Crippen molar-refractivity contribution in [2.75, 3.05) is 13.2 Å². The standard InChI is InChI=1S/C32H35NO5/c1-5-35-31(34)32(3,4)38-27-18-19-29(26(22-27)17-16-24-12-8-6-9-13-24)36-21-20-28-23(2)37-30(33-28)25-14-10-7-11-15-25/h6-15,18-19,22H,5,16-17,20-21H2,1-4H3. The molecule has 0 N–H and O–H groups in total. The van der Waals surface area contributed by atoms with Gasteiger partial charge in [0.25, 0.3) is 0 Å². The molecule has 0 fully saturated rings. The number of esters is 1. The highest BCUT2D eigenvalue weighted by Gasteiger charge is 2.31. The number of hydrogen-bond donors (Lipinski definition) is 0. The minimum Gasteiger partial charge on any atom is -0.493 e. The first-order valence-corrected chi connectivity index (χ1v) is 13.0. The Morgan fingerprint density at radius 3 is 2.34 bits per heavy atom. The van der Waals surface area contributed by atoms with Crippen LogP contribution >= 0.6 is 0 Å². The van der Waals surface area contributed by atoms with Crippen LogP contribution in [0, 0.1) is 6.92 Å². The predicted octanol–water partition coefficient (Wildman–Crippen LogP) is 6.78. The van der Waals surface area contributed by atoms with E-state index in [2.05, 4.69) is 17.1 Å². The largest absolute Gasteiger partial charge is 0.493 e. The van der Waals surface area contributed by atoms with Crippen molar-refractivity contribution in [2.45, 2.75) is 52.6 Å². The fraction of sp³-hybridized carbons (Fsp3) is 0.312. The second-order valence-corrected chi connectivity index (χ2v) is 9.57. The molecule has 0 aliphatic heterocycles. The maximum atomic E-state index is 12.3. The average molecular weight is 514 g/mol. The molecule has 0 saturated heterocycles. The van der Waals surface area contributed by atoms with Gasteiger partial charge in [-0.1, -0.05) is 48.5 Å². The third-order valence-electron chi connectivity index (χ3n) is 6.21. The molecule has 0 unspecified atom stereocenters. The van der Waals surface area contributed by atoms with Crippen LogP contribution in [-0.4, -0.2) is 29.8 Å². The zero-order valence-corrected chi connectivity index (χ0v) is 22.5. The van der Waals surface area contributed by atoms with E-state index in [0.29, 0.717) is 31.3 Å². The number of carbonyl (C=O) groups is 1. The van der Waals surface area contributed by atoms with Gasteiger partial charge in [-0.25, -0.2) is 9.78 Å². The number of nitrogens with zero attached hydrogens (tertiary/aromatic N) is 1. The molecular formula is C32H35NO5. The van der Waals surface area contributed by atoms with Crippen LogP contribution in [0.3, 0.4) is 0 Å². The second kappa shape index (κ2) is 12.5. The Bertz CT molecular complexity index is 1330. The normalized spacial score (nSPS) is 11.3. The van der Waals surface area contributed by atoms with Gasteiger partial charge in [0.1, 0.15) is 17.3 Å². The van der Waals surface area contributed by atoms with Crippen LogP contribution in [0.2, 0.25) is 0 Å². The molecule has 38 heavy (non-hydrogen) atoms. The molecule has 0 aliphatic carbocycles. The summed E-state index contributed by atoms with van der Waals surface area (Å²) in [5.74, 6) is 2.39. The molecule has 0 spiro atoms. The third-order valence-corrected chi connectivity index (χ3v) is 6.21. The van der Waals surface area contributed by atoms with E-state index < -0.39 is 11.6 Å². The zero-order chi connectivity index (χ0) is 27.0. The molecule has 4 rings (SSSR count). The summed E-state index contributed by atoms with van der Waals surface area (Å²) in [7, 11) is 0. The number of oxazole rings is 1. The number of rotatable bonds is 12. The van der Waals surface area contributed by atoms with Crippen LogP contribution in [0.4, 0.5) is 0 Å². The molecule has 6 nitrogen and oxygen atoms in total. The van der Waals surface area contributed by atoms with Gasteiger partial charge in [-0.05, 0) is 82.0 Å². The topological polar surface area (TPSA) is 70.8 Å². The van der Waals surface area contributed by atoms with Crippen molar-refractivity contribution in [1.82, 2.24) is 4.98 Å². The summed E-state index contributed by atoms with van der Waals surface area (Å²) in [4.78, 5) is 17.0. The third kappa shape index (κ3) is 7.03. The van der Waals surface area contributed by atoms with Gasteiger partial charge < -0.3 is 18.6 Å². The molecule has 198 valence electrons. The predicted molar refractivity (Wildman–Crippen MR) is 148 cm³/mol. The van der Waals surface area contributed by atoms with Crippen LogP contribution in [0.5, 0.6) is 11.5 Å². The molecule has 4 aromatic rings. The molecular weight excluding hydrogens is 478 g/mol. The molecule has 0 atom stereocenters. The van der Waals surface area contributed by atoms with E-state index >= 15 is 0 Å². The van der Waals surface area contributed by atoms with Crippen molar-refractivity contribution in [2.24, 2.45) is 0 Å². The van der Waals surface area contributed by atoms with E-state index in [1.807, 2.05) is 73.7 Å².